The molecule has 0 bridgehead atoms. The average Bonchev–Trinajstić information content (AvgIpc) is 2.60. The Morgan fingerprint density at radius 2 is 1.79 bits per heavy atom. The van der Waals surface area contributed by atoms with E-state index in [1.807, 2.05) is 6.07 Å². The number of hydrogen-bond donors (Lipinski definition) is 1. The smallest absolute Gasteiger partial charge is 0.338 e. The Morgan fingerprint density at radius 3 is 2.50 bits per heavy atom. The van der Waals surface area contributed by atoms with E-state index in [4.69, 9.17) is 22.1 Å². The van der Waals surface area contributed by atoms with Crippen molar-refractivity contribution in [1.82, 2.24) is 0 Å². The summed E-state index contributed by atoms with van der Waals surface area (Å²) in [4.78, 5) is 25.1. The summed E-state index contributed by atoms with van der Waals surface area (Å²) in [5.41, 5.74) is 6.17. The molecular formula is C19H18ClNO3. The van der Waals surface area contributed by atoms with Crippen molar-refractivity contribution in [2.24, 2.45) is 5.73 Å². The van der Waals surface area contributed by atoms with Crippen LogP contribution in [0.5, 0.6) is 0 Å². The third kappa shape index (κ3) is 3.07. The van der Waals surface area contributed by atoms with Gasteiger partial charge in [0.05, 0.1) is 5.56 Å². The minimum absolute atomic E-state index is 0.300. The molecule has 1 fully saturated rings. The second kappa shape index (κ2) is 6.75. The number of benzene rings is 2. The third-order valence-electron chi connectivity index (χ3n) is 4.38. The molecule has 124 valence electrons. The summed E-state index contributed by atoms with van der Waals surface area (Å²) in [5.74, 6) is -0.816. The zero-order chi connectivity index (χ0) is 17.2. The molecule has 0 unspecified atom stereocenters. The van der Waals surface area contributed by atoms with Crippen LogP contribution in [0.3, 0.4) is 0 Å². The number of esters is 1. The van der Waals surface area contributed by atoms with Crippen LogP contribution in [-0.2, 0) is 15.1 Å². The van der Waals surface area contributed by atoms with Gasteiger partial charge in [-0.2, -0.15) is 0 Å². The third-order valence-corrected chi connectivity index (χ3v) is 4.71. The van der Waals surface area contributed by atoms with E-state index < -0.39 is 17.6 Å². The number of rotatable bonds is 3. The zero-order valence-corrected chi connectivity index (χ0v) is 13.8. The summed E-state index contributed by atoms with van der Waals surface area (Å²) in [6, 6.07) is 15.6. The molecule has 0 heterocycles. The topological polar surface area (TPSA) is 69.4 Å². The van der Waals surface area contributed by atoms with E-state index >= 15 is 0 Å². The van der Waals surface area contributed by atoms with Crippen molar-refractivity contribution in [1.29, 1.82) is 0 Å². The summed E-state index contributed by atoms with van der Waals surface area (Å²) in [5, 5.41) is 0.448. The largest absolute Gasteiger partial charge is 0.451 e. The molecule has 2 N–H and O–H groups in total. The van der Waals surface area contributed by atoms with Crippen LogP contribution in [0.4, 0.5) is 0 Å². The van der Waals surface area contributed by atoms with Crippen molar-refractivity contribution < 1.29 is 14.3 Å². The lowest BCUT2D eigenvalue weighted by Gasteiger charge is -2.36. The maximum absolute atomic E-state index is 12.9. The highest BCUT2D eigenvalue weighted by Gasteiger charge is 2.45. The molecule has 1 saturated carbocycles. The van der Waals surface area contributed by atoms with Crippen LogP contribution >= 0.6 is 11.6 Å². The average molecular weight is 344 g/mol. The molecule has 2 aromatic rings. The standard InChI is InChI=1S/C19H18ClNO3/c20-15-10-5-4-9-14(15)19(21)12-6-11-16(17(19)22)24-18(23)13-7-2-1-3-8-13/h1-5,7-10,16H,6,11-12,21H2/t16-,19-/m1/s1. The van der Waals surface area contributed by atoms with Gasteiger partial charge in [-0.3, -0.25) is 4.79 Å². The minimum atomic E-state index is -1.22. The number of nitrogens with two attached hydrogens (primary N) is 1. The molecule has 0 saturated heterocycles. The van der Waals surface area contributed by atoms with Crippen molar-refractivity contribution in [3.63, 3.8) is 0 Å². The molecule has 0 aliphatic heterocycles. The summed E-state index contributed by atoms with van der Waals surface area (Å²) >= 11 is 6.22. The number of ketones is 1. The fraction of sp³-hybridized carbons (Fsp3) is 0.263. The number of halogens is 1. The van der Waals surface area contributed by atoms with E-state index in [9.17, 15) is 9.59 Å². The lowest BCUT2D eigenvalue weighted by Crippen LogP contribution is -2.53. The minimum Gasteiger partial charge on any atom is -0.451 e. The Kier molecular flexibility index (Phi) is 4.69. The number of carbonyl (C=O) groups excluding carboxylic acids is 2. The van der Waals surface area contributed by atoms with Crippen LogP contribution in [-0.4, -0.2) is 17.9 Å². The maximum atomic E-state index is 12.9. The first-order chi connectivity index (χ1) is 11.5. The molecule has 1 aliphatic rings. The quantitative estimate of drug-likeness (QED) is 0.866. The van der Waals surface area contributed by atoms with E-state index in [-0.39, 0.29) is 5.78 Å². The summed E-state index contributed by atoms with van der Waals surface area (Å²) in [7, 11) is 0. The SMILES string of the molecule is N[C@@]1(c2ccccc2Cl)CCC[C@@H](OC(=O)c2ccccc2)C1=O. The first kappa shape index (κ1) is 16.7. The van der Waals surface area contributed by atoms with Crippen LogP contribution in [0.2, 0.25) is 5.02 Å². The molecule has 0 aromatic heterocycles. The van der Waals surface area contributed by atoms with E-state index in [2.05, 4.69) is 0 Å². The molecular weight excluding hydrogens is 326 g/mol. The van der Waals surface area contributed by atoms with Crippen LogP contribution in [0.1, 0.15) is 35.2 Å². The second-order valence-corrected chi connectivity index (χ2v) is 6.37. The molecule has 0 radical (unpaired) electrons. The zero-order valence-electron chi connectivity index (χ0n) is 13.1. The molecule has 0 amide bonds. The predicted octanol–water partition coefficient (Wildman–Crippen LogP) is 3.47. The highest BCUT2D eigenvalue weighted by Crippen LogP contribution is 2.37. The first-order valence-corrected chi connectivity index (χ1v) is 8.24. The van der Waals surface area contributed by atoms with Crippen LogP contribution in [0, 0.1) is 0 Å². The molecule has 1 aliphatic carbocycles. The van der Waals surface area contributed by atoms with Gasteiger partial charge < -0.3 is 10.5 Å². The number of carbonyl (C=O) groups is 2. The first-order valence-electron chi connectivity index (χ1n) is 7.86. The van der Waals surface area contributed by atoms with Crippen molar-refractivity contribution in [2.45, 2.75) is 30.9 Å². The van der Waals surface area contributed by atoms with Crippen molar-refractivity contribution in [2.75, 3.05) is 0 Å². The maximum Gasteiger partial charge on any atom is 0.338 e. The number of ether oxygens (including phenoxy) is 1. The molecule has 2 atom stereocenters. The lowest BCUT2D eigenvalue weighted by atomic mass is 9.75. The van der Waals surface area contributed by atoms with E-state index in [0.717, 1.165) is 0 Å². The Balaban J connectivity index is 1.83. The molecule has 3 rings (SSSR count). The van der Waals surface area contributed by atoms with Gasteiger partial charge in [0, 0.05) is 5.02 Å². The highest BCUT2D eigenvalue weighted by atomic mass is 35.5. The van der Waals surface area contributed by atoms with E-state index in [1.54, 1.807) is 48.5 Å². The van der Waals surface area contributed by atoms with Crippen molar-refractivity contribution in [3.05, 3.63) is 70.7 Å². The highest BCUT2D eigenvalue weighted by molar-refractivity contribution is 6.31. The summed E-state index contributed by atoms with van der Waals surface area (Å²) in [6.07, 6.45) is 0.781. The van der Waals surface area contributed by atoms with Gasteiger partial charge in [0.25, 0.3) is 0 Å². The predicted molar refractivity (Wildman–Crippen MR) is 91.8 cm³/mol. The van der Waals surface area contributed by atoms with Gasteiger partial charge in [-0.1, -0.05) is 48.0 Å². The van der Waals surface area contributed by atoms with Crippen LogP contribution < -0.4 is 5.73 Å². The fourth-order valence-corrected chi connectivity index (χ4v) is 3.39. The molecule has 2 aromatic carbocycles. The number of Topliss-reactive ketones (excluding diaryl/α,β-unsaturated/α-hetero) is 1. The van der Waals surface area contributed by atoms with Gasteiger partial charge in [-0.05, 0) is 43.0 Å². The lowest BCUT2D eigenvalue weighted by molar-refractivity contribution is -0.136. The molecule has 4 nitrogen and oxygen atoms in total. The second-order valence-electron chi connectivity index (χ2n) is 5.97. The molecule has 24 heavy (non-hydrogen) atoms. The number of hydrogen-bond acceptors (Lipinski definition) is 4. The van der Waals surface area contributed by atoms with Gasteiger partial charge in [-0.15, -0.1) is 0 Å². The Hall–Kier alpha value is -2.17. The fourth-order valence-electron chi connectivity index (χ4n) is 3.08. The summed E-state index contributed by atoms with van der Waals surface area (Å²) < 4.78 is 5.43. The van der Waals surface area contributed by atoms with Crippen molar-refractivity contribution in [3.8, 4) is 0 Å². The van der Waals surface area contributed by atoms with E-state index in [1.165, 1.54) is 0 Å². The Bertz CT molecular complexity index is 762. The summed E-state index contributed by atoms with van der Waals surface area (Å²) in [6.45, 7) is 0. The van der Waals surface area contributed by atoms with E-state index in [0.29, 0.717) is 35.4 Å². The van der Waals surface area contributed by atoms with Crippen LogP contribution in [0.25, 0.3) is 0 Å². The van der Waals surface area contributed by atoms with Gasteiger partial charge in [0.1, 0.15) is 5.54 Å². The molecule has 5 heteroatoms. The monoisotopic (exact) mass is 343 g/mol. The molecule has 0 spiro atoms. The Labute approximate surface area is 145 Å². The van der Waals surface area contributed by atoms with Gasteiger partial charge in [0.15, 0.2) is 11.9 Å². The van der Waals surface area contributed by atoms with Gasteiger partial charge in [-0.25, -0.2) is 4.79 Å². The van der Waals surface area contributed by atoms with Crippen molar-refractivity contribution >= 4 is 23.4 Å². The van der Waals surface area contributed by atoms with Gasteiger partial charge in [0.2, 0.25) is 0 Å². The normalized spacial score (nSPS) is 23.8. The Morgan fingerprint density at radius 1 is 1.12 bits per heavy atom. The van der Waals surface area contributed by atoms with Gasteiger partial charge >= 0.3 is 5.97 Å². The van der Waals surface area contributed by atoms with Crippen LogP contribution in [0.15, 0.2) is 54.6 Å².